The lowest BCUT2D eigenvalue weighted by atomic mass is 10.4. The van der Waals surface area contributed by atoms with E-state index in [0.29, 0.717) is 9.16 Å². The SMILES string of the molecule is Brc1c(C2Sc3ccccc3S2)[nH]c(C2Sc3ccccc3S2)c1Br. The molecule has 3 aromatic rings. The van der Waals surface area contributed by atoms with Crippen molar-refractivity contribution < 1.29 is 0 Å². The average molecular weight is 529 g/mol. The van der Waals surface area contributed by atoms with E-state index in [1.807, 2.05) is 47.0 Å². The number of benzene rings is 2. The van der Waals surface area contributed by atoms with Crippen molar-refractivity contribution in [3.05, 3.63) is 68.9 Å². The minimum absolute atomic E-state index is 0.357. The molecule has 7 heteroatoms. The Bertz CT molecular complexity index is 845. The molecule has 0 saturated heterocycles. The molecule has 0 fully saturated rings. The topological polar surface area (TPSA) is 15.8 Å². The van der Waals surface area contributed by atoms with E-state index in [1.165, 1.54) is 31.0 Å². The first kappa shape index (κ1) is 17.2. The van der Waals surface area contributed by atoms with Gasteiger partial charge >= 0.3 is 0 Å². The van der Waals surface area contributed by atoms with E-state index in [2.05, 4.69) is 85.4 Å². The van der Waals surface area contributed by atoms with E-state index >= 15 is 0 Å². The maximum Gasteiger partial charge on any atom is 0.101 e. The van der Waals surface area contributed by atoms with Crippen molar-refractivity contribution in [1.29, 1.82) is 0 Å². The van der Waals surface area contributed by atoms with Crippen molar-refractivity contribution in [1.82, 2.24) is 4.98 Å². The van der Waals surface area contributed by atoms with Crippen LogP contribution >= 0.6 is 78.9 Å². The predicted octanol–water partition coefficient (Wildman–Crippen LogP) is 8.33. The Morgan fingerprint density at radius 2 is 0.920 bits per heavy atom. The number of fused-ring (bicyclic) bond motifs is 2. The molecule has 0 radical (unpaired) electrons. The highest BCUT2D eigenvalue weighted by Crippen LogP contribution is 2.61. The molecule has 2 aromatic carbocycles. The second kappa shape index (κ2) is 6.91. The fourth-order valence-electron chi connectivity index (χ4n) is 2.85. The third-order valence-corrected chi connectivity index (χ3v) is 11.9. The van der Waals surface area contributed by atoms with Crippen molar-refractivity contribution in [3.63, 3.8) is 0 Å². The zero-order chi connectivity index (χ0) is 17.0. The summed E-state index contributed by atoms with van der Waals surface area (Å²) in [5, 5.41) is 0. The number of H-pyrrole nitrogens is 1. The lowest BCUT2D eigenvalue weighted by molar-refractivity contribution is 1.13. The summed E-state index contributed by atoms with van der Waals surface area (Å²) >= 11 is 15.3. The minimum atomic E-state index is 0.357. The Morgan fingerprint density at radius 3 is 1.24 bits per heavy atom. The summed E-state index contributed by atoms with van der Waals surface area (Å²) in [5.74, 6) is 0. The molecule has 126 valence electrons. The first-order chi connectivity index (χ1) is 12.2. The first-order valence-electron chi connectivity index (χ1n) is 7.62. The quantitative estimate of drug-likeness (QED) is 0.359. The van der Waals surface area contributed by atoms with E-state index in [4.69, 9.17) is 0 Å². The highest BCUT2D eigenvalue weighted by atomic mass is 79.9. The van der Waals surface area contributed by atoms with Crippen molar-refractivity contribution in [2.75, 3.05) is 0 Å². The molecule has 0 amide bonds. The molecule has 0 spiro atoms. The van der Waals surface area contributed by atoms with Crippen LogP contribution in [0, 0.1) is 0 Å². The van der Waals surface area contributed by atoms with Crippen LogP contribution in [0.5, 0.6) is 0 Å². The number of rotatable bonds is 2. The molecule has 2 aliphatic heterocycles. The Kier molecular flexibility index (Phi) is 4.75. The zero-order valence-corrected chi connectivity index (χ0v) is 19.1. The summed E-state index contributed by atoms with van der Waals surface area (Å²) in [6.45, 7) is 0. The zero-order valence-electron chi connectivity index (χ0n) is 12.7. The second-order valence-electron chi connectivity index (χ2n) is 5.61. The highest BCUT2D eigenvalue weighted by molar-refractivity contribution is 9.13. The summed E-state index contributed by atoms with van der Waals surface area (Å²) < 4.78 is 3.01. The van der Waals surface area contributed by atoms with Gasteiger partial charge in [-0.2, -0.15) is 0 Å². The standard InChI is InChI=1S/C18H11Br2NS4/c19-13-14(20)16(18-24-11-7-3-4-8-12(11)25-18)21-15(13)17-22-9-5-1-2-6-10(9)23-17/h1-8,17-18,21H. The largest absolute Gasteiger partial charge is 0.357 e. The lowest BCUT2D eigenvalue weighted by Gasteiger charge is -2.08. The number of hydrogen-bond acceptors (Lipinski definition) is 4. The molecule has 0 unspecified atom stereocenters. The number of aromatic nitrogens is 1. The number of thioether (sulfide) groups is 4. The molecule has 0 saturated carbocycles. The minimum Gasteiger partial charge on any atom is -0.357 e. The fraction of sp³-hybridized carbons (Fsp3) is 0.111. The van der Waals surface area contributed by atoms with Crippen LogP contribution in [-0.4, -0.2) is 4.98 Å². The Hall–Kier alpha value is 0.0800. The highest BCUT2D eigenvalue weighted by Gasteiger charge is 2.33. The van der Waals surface area contributed by atoms with Crippen LogP contribution in [0.15, 0.2) is 77.1 Å². The molecule has 1 nitrogen and oxygen atoms in total. The molecule has 5 rings (SSSR count). The Balaban J connectivity index is 1.46. The van der Waals surface area contributed by atoms with Crippen LogP contribution in [-0.2, 0) is 0 Å². The van der Waals surface area contributed by atoms with Gasteiger partial charge in [-0.1, -0.05) is 24.3 Å². The average Bonchev–Trinajstić information content (AvgIpc) is 3.31. The van der Waals surface area contributed by atoms with Gasteiger partial charge in [0.05, 0.1) is 20.3 Å². The Labute approximate surface area is 180 Å². The number of hydrogen-bond donors (Lipinski definition) is 1. The molecular formula is C18H11Br2NS4. The van der Waals surface area contributed by atoms with Crippen molar-refractivity contribution >= 4 is 78.9 Å². The van der Waals surface area contributed by atoms with E-state index in [0.717, 1.165) is 8.95 Å². The molecule has 0 bridgehead atoms. The fourth-order valence-corrected chi connectivity index (χ4v) is 10.2. The third-order valence-electron chi connectivity index (χ3n) is 4.04. The van der Waals surface area contributed by atoms with Crippen molar-refractivity contribution in [3.8, 4) is 0 Å². The van der Waals surface area contributed by atoms with Gasteiger partial charge < -0.3 is 4.98 Å². The van der Waals surface area contributed by atoms with Gasteiger partial charge in [-0.25, -0.2) is 0 Å². The number of halogens is 2. The van der Waals surface area contributed by atoms with Gasteiger partial charge in [0, 0.05) is 19.6 Å². The van der Waals surface area contributed by atoms with E-state index in [1.54, 1.807) is 0 Å². The van der Waals surface area contributed by atoms with Crippen molar-refractivity contribution in [2.45, 2.75) is 28.7 Å². The molecule has 25 heavy (non-hydrogen) atoms. The van der Waals surface area contributed by atoms with Gasteiger partial charge in [-0.3, -0.25) is 0 Å². The smallest absolute Gasteiger partial charge is 0.101 e. The van der Waals surface area contributed by atoms with Gasteiger partial charge in [0.15, 0.2) is 0 Å². The summed E-state index contributed by atoms with van der Waals surface area (Å²) in [5.41, 5.74) is 2.51. The first-order valence-corrected chi connectivity index (χ1v) is 12.7. The third kappa shape index (κ3) is 3.05. The molecule has 0 aliphatic carbocycles. The van der Waals surface area contributed by atoms with E-state index < -0.39 is 0 Å². The van der Waals surface area contributed by atoms with Crippen LogP contribution in [0.2, 0.25) is 0 Å². The van der Waals surface area contributed by atoms with Gasteiger partial charge in [-0.15, -0.1) is 47.0 Å². The molecular weight excluding hydrogens is 518 g/mol. The maximum atomic E-state index is 3.81. The molecule has 2 aliphatic rings. The monoisotopic (exact) mass is 527 g/mol. The van der Waals surface area contributed by atoms with E-state index in [9.17, 15) is 0 Å². The van der Waals surface area contributed by atoms with Gasteiger partial charge in [0.25, 0.3) is 0 Å². The van der Waals surface area contributed by atoms with Gasteiger partial charge in [0.2, 0.25) is 0 Å². The molecule has 1 aromatic heterocycles. The molecule has 3 heterocycles. The maximum absolute atomic E-state index is 3.81. The number of aromatic amines is 1. The van der Waals surface area contributed by atoms with Crippen LogP contribution in [0.3, 0.4) is 0 Å². The number of nitrogens with one attached hydrogen (secondary N) is 1. The van der Waals surface area contributed by atoms with Crippen LogP contribution in [0.1, 0.15) is 20.6 Å². The van der Waals surface area contributed by atoms with Crippen molar-refractivity contribution in [2.24, 2.45) is 0 Å². The summed E-state index contributed by atoms with van der Waals surface area (Å²) in [4.78, 5) is 9.20. The van der Waals surface area contributed by atoms with Crippen LogP contribution < -0.4 is 0 Å². The van der Waals surface area contributed by atoms with Crippen LogP contribution in [0.4, 0.5) is 0 Å². The Morgan fingerprint density at radius 1 is 0.600 bits per heavy atom. The summed E-state index contributed by atoms with van der Waals surface area (Å²) in [7, 11) is 0. The normalized spacial score (nSPS) is 17.0. The van der Waals surface area contributed by atoms with Gasteiger partial charge in [0.1, 0.15) is 9.16 Å². The second-order valence-corrected chi connectivity index (χ2v) is 12.4. The molecule has 0 atom stereocenters. The van der Waals surface area contributed by atoms with Gasteiger partial charge in [-0.05, 0) is 56.1 Å². The molecule has 1 N–H and O–H groups in total. The predicted molar refractivity (Wildman–Crippen MR) is 118 cm³/mol. The lowest BCUT2D eigenvalue weighted by Crippen LogP contribution is -1.89. The van der Waals surface area contributed by atoms with Crippen LogP contribution in [0.25, 0.3) is 0 Å². The summed E-state index contributed by atoms with van der Waals surface area (Å²) in [6, 6.07) is 17.3. The van der Waals surface area contributed by atoms with E-state index in [-0.39, 0.29) is 0 Å². The summed E-state index contributed by atoms with van der Waals surface area (Å²) in [6.07, 6.45) is 0.